The summed E-state index contributed by atoms with van der Waals surface area (Å²) in [6.07, 6.45) is 3.58. The lowest BCUT2D eigenvalue weighted by atomic mass is 10.0. The fourth-order valence-corrected chi connectivity index (χ4v) is 3.00. The van der Waals surface area contributed by atoms with E-state index < -0.39 is 5.97 Å². The molecule has 1 N–H and O–H groups in total. The predicted molar refractivity (Wildman–Crippen MR) is 74.0 cm³/mol. The minimum absolute atomic E-state index is 0.0195. The van der Waals surface area contributed by atoms with Gasteiger partial charge in [0.15, 0.2) is 0 Å². The largest absolute Gasteiger partial charge is 0.481 e. The van der Waals surface area contributed by atoms with Crippen molar-refractivity contribution < 1.29 is 14.7 Å². The van der Waals surface area contributed by atoms with Crippen LogP contribution < -0.4 is 0 Å². The van der Waals surface area contributed by atoms with Crippen molar-refractivity contribution in [3.8, 4) is 0 Å². The maximum atomic E-state index is 12.3. The lowest BCUT2D eigenvalue weighted by Crippen LogP contribution is -2.30. The van der Waals surface area contributed by atoms with Crippen LogP contribution in [0.2, 0.25) is 0 Å². The van der Waals surface area contributed by atoms with Gasteiger partial charge >= 0.3 is 5.97 Å². The Morgan fingerprint density at radius 3 is 2.84 bits per heavy atom. The van der Waals surface area contributed by atoms with Gasteiger partial charge in [0.05, 0.1) is 0 Å². The van der Waals surface area contributed by atoms with Crippen LogP contribution in [0.25, 0.3) is 0 Å². The monoisotopic (exact) mass is 328 g/mol. The Bertz CT molecular complexity index is 498. The van der Waals surface area contributed by atoms with Gasteiger partial charge in [0.2, 0.25) is 0 Å². The van der Waals surface area contributed by atoms with Crippen LogP contribution in [0.3, 0.4) is 0 Å². The highest BCUT2D eigenvalue weighted by atomic mass is 79.9. The van der Waals surface area contributed by atoms with Crippen molar-refractivity contribution in [3.63, 3.8) is 0 Å². The lowest BCUT2D eigenvalue weighted by Gasteiger charge is -2.16. The van der Waals surface area contributed by atoms with E-state index in [0.717, 1.165) is 10.9 Å². The van der Waals surface area contributed by atoms with Crippen molar-refractivity contribution in [2.75, 3.05) is 13.1 Å². The molecule has 1 atom stereocenters. The highest BCUT2D eigenvalue weighted by Gasteiger charge is 2.28. The summed E-state index contributed by atoms with van der Waals surface area (Å²) >= 11 is 3.36. The summed E-state index contributed by atoms with van der Waals surface area (Å²) < 4.78 is 2.69. The summed E-state index contributed by atoms with van der Waals surface area (Å²) in [6.45, 7) is 1.38. The Morgan fingerprint density at radius 1 is 1.53 bits per heavy atom. The van der Waals surface area contributed by atoms with E-state index in [1.54, 1.807) is 4.57 Å². The van der Waals surface area contributed by atoms with Gasteiger partial charge in [-0.3, -0.25) is 9.59 Å². The normalized spacial score (nSPS) is 18.8. The zero-order chi connectivity index (χ0) is 14.0. The van der Waals surface area contributed by atoms with Crippen LogP contribution in [0, 0.1) is 5.92 Å². The third kappa shape index (κ3) is 3.37. The summed E-state index contributed by atoms with van der Waals surface area (Å²) in [5.74, 6) is -0.439. The highest BCUT2D eigenvalue weighted by Crippen LogP contribution is 2.24. The second kappa shape index (κ2) is 5.77. The zero-order valence-corrected chi connectivity index (χ0v) is 12.4. The Balaban J connectivity index is 1.95. The molecule has 0 saturated carbocycles. The quantitative estimate of drug-likeness (QED) is 0.920. The van der Waals surface area contributed by atoms with Crippen LogP contribution in [0.4, 0.5) is 0 Å². The average Bonchev–Trinajstić information content (AvgIpc) is 2.92. The molecule has 6 heteroatoms. The Labute approximate surface area is 120 Å². The molecule has 1 aromatic rings. The Hall–Kier alpha value is -1.30. The third-order valence-corrected chi connectivity index (χ3v) is 3.96. The van der Waals surface area contributed by atoms with Gasteiger partial charge in [0, 0.05) is 37.2 Å². The van der Waals surface area contributed by atoms with Crippen molar-refractivity contribution in [1.29, 1.82) is 0 Å². The van der Waals surface area contributed by atoms with Gasteiger partial charge in [-0.1, -0.05) is 0 Å². The summed E-state index contributed by atoms with van der Waals surface area (Å²) in [6, 6.07) is 1.81. The molecule has 1 amide bonds. The van der Waals surface area contributed by atoms with E-state index in [2.05, 4.69) is 15.9 Å². The molecule has 0 bridgehead atoms. The number of amides is 1. The fraction of sp³-hybridized carbons (Fsp3) is 0.538. The van der Waals surface area contributed by atoms with Crippen molar-refractivity contribution in [2.24, 2.45) is 13.0 Å². The summed E-state index contributed by atoms with van der Waals surface area (Å²) in [7, 11) is 1.84. The fourth-order valence-electron chi connectivity index (χ4n) is 2.48. The van der Waals surface area contributed by atoms with Crippen LogP contribution in [0.1, 0.15) is 29.8 Å². The second-order valence-electron chi connectivity index (χ2n) is 4.99. The molecule has 1 aromatic heterocycles. The van der Waals surface area contributed by atoms with Crippen molar-refractivity contribution in [1.82, 2.24) is 9.47 Å². The number of aryl methyl sites for hydroxylation is 1. The topological polar surface area (TPSA) is 62.5 Å². The molecule has 0 radical (unpaired) electrons. The Kier molecular flexibility index (Phi) is 4.29. The number of nitrogens with zero attached hydrogens (tertiary/aromatic N) is 2. The van der Waals surface area contributed by atoms with Gasteiger partial charge in [-0.15, -0.1) is 0 Å². The van der Waals surface area contributed by atoms with Crippen LogP contribution >= 0.6 is 15.9 Å². The van der Waals surface area contributed by atoms with E-state index >= 15 is 0 Å². The van der Waals surface area contributed by atoms with Gasteiger partial charge in [0.25, 0.3) is 5.91 Å². The molecule has 1 fully saturated rings. The lowest BCUT2D eigenvalue weighted by molar-refractivity contribution is -0.137. The standard InChI is InChI=1S/C13H17BrN2O3/c1-15-8-10(14)6-11(15)13(19)16-5-4-9(7-16)2-3-12(17)18/h6,8-9H,2-5,7H2,1H3,(H,17,18). The molecule has 1 unspecified atom stereocenters. The number of aliphatic carboxylic acids is 1. The first kappa shape index (κ1) is 14.1. The molecular weight excluding hydrogens is 312 g/mol. The molecule has 2 heterocycles. The third-order valence-electron chi connectivity index (χ3n) is 3.53. The SMILES string of the molecule is Cn1cc(Br)cc1C(=O)N1CCC(CCC(=O)O)C1. The number of carboxylic acids is 1. The first-order valence-electron chi connectivity index (χ1n) is 6.30. The summed E-state index contributed by atoms with van der Waals surface area (Å²) in [4.78, 5) is 24.7. The number of carbonyl (C=O) groups is 2. The van der Waals surface area contributed by atoms with E-state index in [9.17, 15) is 9.59 Å². The smallest absolute Gasteiger partial charge is 0.303 e. The van der Waals surface area contributed by atoms with Gasteiger partial charge in [-0.2, -0.15) is 0 Å². The minimum Gasteiger partial charge on any atom is -0.481 e. The van der Waals surface area contributed by atoms with Gasteiger partial charge in [-0.05, 0) is 40.8 Å². The van der Waals surface area contributed by atoms with E-state index in [-0.39, 0.29) is 12.3 Å². The number of carbonyl (C=O) groups excluding carboxylic acids is 1. The summed E-state index contributed by atoms with van der Waals surface area (Å²) in [5, 5.41) is 8.68. The summed E-state index contributed by atoms with van der Waals surface area (Å²) in [5.41, 5.74) is 0.658. The molecule has 0 aliphatic carbocycles. The van der Waals surface area contributed by atoms with Gasteiger partial charge in [0.1, 0.15) is 5.69 Å². The van der Waals surface area contributed by atoms with Crippen LogP contribution in [-0.4, -0.2) is 39.5 Å². The molecule has 2 rings (SSSR count). The van der Waals surface area contributed by atoms with Gasteiger partial charge < -0.3 is 14.6 Å². The molecular formula is C13H17BrN2O3. The number of carboxylic acid groups (broad SMARTS) is 1. The maximum absolute atomic E-state index is 12.3. The van der Waals surface area contributed by atoms with Crippen molar-refractivity contribution >= 4 is 27.8 Å². The highest BCUT2D eigenvalue weighted by molar-refractivity contribution is 9.10. The molecule has 19 heavy (non-hydrogen) atoms. The van der Waals surface area contributed by atoms with Crippen LogP contribution in [0.15, 0.2) is 16.7 Å². The molecule has 1 saturated heterocycles. The Morgan fingerprint density at radius 2 is 2.26 bits per heavy atom. The molecule has 1 aliphatic rings. The first-order valence-corrected chi connectivity index (χ1v) is 7.09. The van der Waals surface area contributed by atoms with Crippen molar-refractivity contribution in [2.45, 2.75) is 19.3 Å². The molecule has 1 aliphatic heterocycles. The number of halogens is 1. The number of likely N-dealkylation sites (tertiary alicyclic amines) is 1. The zero-order valence-electron chi connectivity index (χ0n) is 10.8. The predicted octanol–water partition coefficient (Wildman–Crippen LogP) is 2.11. The molecule has 0 spiro atoms. The average molecular weight is 329 g/mol. The number of hydrogen-bond donors (Lipinski definition) is 1. The van der Waals surface area contributed by atoms with E-state index in [1.165, 1.54) is 0 Å². The first-order chi connectivity index (χ1) is 8.97. The van der Waals surface area contributed by atoms with Gasteiger partial charge in [-0.25, -0.2) is 0 Å². The second-order valence-corrected chi connectivity index (χ2v) is 5.91. The molecule has 5 nitrogen and oxygen atoms in total. The van der Waals surface area contributed by atoms with Crippen LogP contribution in [0.5, 0.6) is 0 Å². The minimum atomic E-state index is -0.767. The molecule has 104 valence electrons. The van der Waals surface area contributed by atoms with E-state index in [0.29, 0.717) is 31.1 Å². The van der Waals surface area contributed by atoms with Crippen molar-refractivity contribution in [3.05, 3.63) is 22.4 Å². The maximum Gasteiger partial charge on any atom is 0.303 e. The molecule has 0 aromatic carbocycles. The van der Waals surface area contributed by atoms with Crippen LogP contribution in [-0.2, 0) is 11.8 Å². The number of rotatable bonds is 4. The van der Waals surface area contributed by atoms with E-state index in [1.807, 2.05) is 24.2 Å². The van der Waals surface area contributed by atoms with E-state index in [4.69, 9.17) is 5.11 Å². The number of hydrogen-bond acceptors (Lipinski definition) is 2. The number of aromatic nitrogens is 1.